The molecule has 1 aliphatic carbocycles. The first-order valence-corrected chi connectivity index (χ1v) is 9.63. The zero-order chi connectivity index (χ0) is 19.4. The summed E-state index contributed by atoms with van der Waals surface area (Å²) >= 11 is 1.55. The number of ether oxygens (including phenoxy) is 3. The third-order valence-corrected chi connectivity index (χ3v) is 5.67. The molecule has 0 unspecified atom stereocenters. The number of allylic oxidation sites excluding steroid dienone is 2. The lowest BCUT2D eigenvalue weighted by Gasteiger charge is -2.28. The van der Waals surface area contributed by atoms with E-state index in [0.717, 1.165) is 16.0 Å². The molecule has 3 rings (SSSR count). The van der Waals surface area contributed by atoms with E-state index in [1.807, 2.05) is 35.7 Å². The van der Waals surface area contributed by atoms with E-state index in [1.54, 1.807) is 38.6 Å². The van der Waals surface area contributed by atoms with Crippen LogP contribution in [-0.2, 0) is 14.3 Å². The minimum Gasteiger partial charge on any atom is -0.493 e. The summed E-state index contributed by atoms with van der Waals surface area (Å²) in [5.74, 6) is -0.477. The second-order valence-electron chi connectivity index (χ2n) is 6.20. The van der Waals surface area contributed by atoms with Gasteiger partial charge in [0.05, 0.1) is 20.8 Å². The Kier molecular flexibility index (Phi) is 5.96. The molecule has 6 heteroatoms. The number of benzene rings is 1. The molecule has 2 aromatic rings. The van der Waals surface area contributed by atoms with Crippen molar-refractivity contribution in [3.05, 3.63) is 52.2 Å². The highest BCUT2D eigenvalue weighted by atomic mass is 32.1. The van der Waals surface area contributed by atoms with Crippen LogP contribution in [0, 0.1) is 5.92 Å². The van der Waals surface area contributed by atoms with E-state index in [0.29, 0.717) is 17.9 Å². The van der Waals surface area contributed by atoms with Crippen LogP contribution in [0.5, 0.6) is 11.5 Å². The minimum atomic E-state index is -0.799. The van der Waals surface area contributed by atoms with Crippen molar-refractivity contribution in [2.24, 2.45) is 5.92 Å². The Morgan fingerprint density at radius 2 is 1.96 bits per heavy atom. The van der Waals surface area contributed by atoms with Gasteiger partial charge in [-0.2, -0.15) is 0 Å². The zero-order valence-corrected chi connectivity index (χ0v) is 16.4. The summed E-state index contributed by atoms with van der Waals surface area (Å²) in [6.45, 7) is 2.00. The fraction of sp³-hybridized carbons (Fsp3) is 0.333. The highest BCUT2D eigenvalue weighted by molar-refractivity contribution is 7.10. The monoisotopic (exact) mass is 386 g/mol. The normalized spacial score (nSPS) is 19.4. The van der Waals surface area contributed by atoms with Gasteiger partial charge >= 0.3 is 5.97 Å². The van der Waals surface area contributed by atoms with Crippen molar-refractivity contribution < 1.29 is 23.8 Å². The van der Waals surface area contributed by atoms with Crippen molar-refractivity contribution in [1.29, 1.82) is 0 Å². The fourth-order valence-corrected chi connectivity index (χ4v) is 4.26. The first-order valence-electron chi connectivity index (χ1n) is 8.75. The van der Waals surface area contributed by atoms with Crippen LogP contribution in [0.25, 0.3) is 5.57 Å². The molecule has 0 saturated heterocycles. The summed E-state index contributed by atoms with van der Waals surface area (Å²) in [6, 6.07) is 9.47. The smallest absolute Gasteiger partial charge is 0.317 e. The highest BCUT2D eigenvalue weighted by Crippen LogP contribution is 2.43. The molecule has 27 heavy (non-hydrogen) atoms. The van der Waals surface area contributed by atoms with Gasteiger partial charge < -0.3 is 14.2 Å². The Morgan fingerprint density at radius 1 is 1.19 bits per heavy atom. The third-order valence-electron chi connectivity index (χ3n) is 4.67. The maximum atomic E-state index is 12.8. The number of esters is 1. The van der Waals surface area contributed by atoms with Gasteiger partial charge in [-0.1, -0.05) is 12.1 Å². The Balaban J connectivity index is 2.00. The maximum Gasteiger partial charge on any atom is 0.317 e. The number of hydrogen-bond donors (Lipinski definition) is 0. The SMILES string of the molecule is CCOC(=O)[C@@H]1C(=O)C=C(c2ccc(OC)c(OC)c2)C[C@H]1c1cccs1. The van der Waals surface area contributed by atoms with E-state index in [2.05, 4.69) is 0 Å². The van der Waals surface area contributed by atoms with Gasteiger partial charge in [-0.05, 0) is 54.1 Å². The minimum absolute atomic E-state index is 0.220. The van der Waals surface area contributed by atoms with E-state index in [1.165, 1.54) is 0 Å². The average Bonchev–Trinajstić information content (AvgIpc) is 3.21. The Hall–Kier alpha value is -2.60. The van der Waals surface area contributed by atoms with E-state index < -0.39 is 11.9 Å². The standard InChI is InChI=1S/C21H22O5S/c1-4-26-21(23)20-15(19-6-5-9-27-19)10-14(11-16(20)22)13-7-8-17(24-2)18(12-13)25-3/h5-9,11-12,15,20H,4,10H2,1-3H3/t15-,20-/m0/s1. The van der Waals surface area contributed by atoms with Gasteiger partial charge in [-0.15, -0.1) is 11.3 Å². The fourth-order valence-electron chi connectivity index (χ4n) is 3.39. The molecule has 1 heterocycles. The molecule has 0 amide bonds. The molecule has 1 aromatic carbocycles. The summed E-state index contributed by atoms with van der Waals surface area (Å²) in [4.78, 5) is 26.3. The molecule has 5 nitrogen and oxygen atoms in total. The van der Waals surface area contributed by atoms with Crippen molar-refractivity contribution in [1.82, 2.24) is 0 Å². The van der Waals surface area contributed by atoms with Crippen LogP contribution in [0.3, 0.4) is 0 Å². The molecule has 0 spiro atoms. The molecule has 0 saturated carbocycles. The van der Waals surface area contributed by atoms with E-state index in [9.17, 15) is 9.59 Å². The molecule has 2 atom stereocenters. The van der Waals surface area contributed by atoms with Crippen molar-refractivity contribution in [3.8, 4) is 11.5 Å². The highest BCUT2D eigenvalue weighted by Gasteiger charge is 2.40. The quantitative estimate of drug-likeness (QED) is 0.553. The second kappa shape index (κ2) is 8.39. The molecular weight excluding hydrogens is 364 g/mol. The number of methoxy groups -OCH3 is 2. The molecule has 0 N–H and O–H groups in total. The molecule has 1 aromatic heterocycles. The van der Waals surface area contributed by atoms with Crippen LogP contribution >= 0.6 is 11.3 Å². The second-order valence-corrected chi connectivity index (χ2v) is 7.18. The van der Waals surface area contributed by atoms with Gasteiger partial charge in [0.1, 0.15) is 5.92 Å². The summed E-state index contributed by atoms with van der Waals surface area (Å²) < 4.78 is 15.8. The van der Waals surface area contributed by atoms with E-state index >= 15 is 0 Å². The Morgan fingerprint density at radius 3 is 2.59 bits per heavy atom. The van der Waals surface area contributed by atoms with E-state index in [-0.39, 0.29) is 18.3 Å². The van der Waals surface area contributed by atoms with Gasteiger partial charge in [-0.3, -0.25) is 9.59 Å². The molecule has 0 aliphatic heterocycles. The molecule has 142 valence electrons. The first kappa shape index (κ1) is 19.2. The zero-order valence-electron chi connectivity index (χ0n) is 15.6. The number of thiophene rings is 1. The van der Waals surface area contributed by atoms with E-state index in [4.69, 9.17) is 14.2 Å². The first-order chi connectivity index (χ1) is 13.1. The lowest BCUT2D eigenvalue weighted by atomic mass is 9.76. The summed E-state index contributed by atoms with van der Waals surface area (Å²) in [7, 11) is 3.16. The number of carbonyl (C=O) groups excluding carboxylic acids is 2. The third kappa shape index (κ3) is 3.90. The molecule has 1 aliphatic rings. The average molecular weight is 386 g/mol. The number of carbonyl (C=O) groups is 2. The van der Waals surface area contributed by atoms with Crippen molar-refractivity contribution >= 4 is 28.7 Å². The predicted octanol–water partition coefficient (Wildman–Crippen LogP) is 4.08. The van der Waals surface area contributed by atoms with Crippen molar-refractivity contribution in [2.45, 2.75) is 19.3 Å². The number of hydrogen-bond acceptors (Lipinski definition) is 6. The van der Waals surface area contributed by atoms with Gasteiger partial charge in [0, 0.05) is 10.8 Å². The topological polar surface area (TPSA) is 61.8 Å². The largest absolute Gasteiger partial charge is 0.493 e. The van der Waals surface area contributed by atoms with Gasteiger partial charge in [0.25, 0.3) is 0 Å². The van der Waals surface area contributed by atoms with Gasteiger partial charge in [0.2, 0.25) is 0 Å². The molecule has 0 bridgehead atoms. The van der Waals surface area contributed by atoms with Crippen LogP contribution in [0.1, 0.15) is 29.7 Å². The Labute approximate surface area is 162 Å². The van der Waals surface area contributed by atoms with Crippen LogP contribution in [0.2, 0.25) is 0 Å². The molecular formula is C21H22O5S. The predicted molar refractivity (Wildman–Crippen MR) is 104 cm³/mol. The van der Waals surface area contributed by atoms with Gasteiger partial charge in [-0.25, -0.2) is 0 Å². The van der Waals surface area contributed by atoms with Crippen LogP contribution in [0.4, 0.5) is 0 Å². The van der Waals surface area contributed by atoms with Crippen LogP contribution in [0.15, 0.2) is 41.8 Å². The van der Waals surface area contributed by atoms with Gasteiger partial charge in [0.15, 0.2) is 17.3 Å². The summed E-state index contributed by atoms with van der Waals surface area (Å²) in [6.07, 6.45) is 2.14. The summed E-state index contributed by atoms with van der Waals surface area (Å²) in [5.41, 5.74) is 1.75. The van der Waals surface area contributed by atoms with Crippen molar-refractivity contribution in [2.75, 3.05) is 20.8 Å². The molecule has 0 radical (unpaired) electrons. The number of ketones is 1. The maximum absolute atomic E-state index is 12.8. The number of rotatable bonds is 6. The Bertz CT molecular complexity index is 853. The lowest BCUT2D eigenvalue weighted by Crippen LogP contribution is -2.33. The van der Waals surface area contributed by atoms with Crippen molar-refractivity contribution in [3.63, 3.8) is 0 Å². The summed E-state index contributed by atoms with van der Waals surface area (Å²) in [5, 5.41) is 1.95. The van der Waals surface area contributed by atoms with Crippen LogP contribution < -0.4 is 9.47 Å². The lowest BCUT2D eigenvalue weighted by molar-refractivity contribution is -0.151. The molecule has 0 fully saturated rings. The van der Waals surface area contributed by atoms with Crippen LogP contribution in [-0.4, -0.2) is 32.6 Å².